The van der Waals surface area contributed by atoms with Gasteiger partial charge < -0.3 is 14.2 Å². The number of carbonyl (C=O) groups excluding carboxylic acids is 2. The number of hydrogen-bond acceptors (Lipinski definition) is 5. The Morgan fingerprint density at radius 2 is 2.19 bits per heavy atom. The summed E-state index contributed by atoms with van der Waals surface area (Å²) in [7, 11) is 0. The summed E-state index contributed by atoms with van der Waals surface area (Å²) in [4.78, 5) is 21.8. The van der Waals surface area contributed by atoms with Crippen molar-refractivity contribution in [2.75, 3.05) is 0 Å². The van der Waals surface area contributed by atoms with Crippen molar-refractivity contribution in [2.45, 2.75) is 44.9 Å². The number of esters is 1. The van der Waals surface area contributed by atoms with Crippen molar-refractivity contribution < 1.29 is 23.8 Å². The fourth-order valence-corrected chi connectivity index (χ4v) is 2.07. The van der Waals surface area contributed by atoms with Crippen molar-refractivity contribution in [1.82, 2.24) is 0 Å². The summed E-state index contributed by atoms with van der Waals surface area (Å²) in [6.07, 6.45) is 0.908. The van der Waals surface area contributed by atoms with E-state index in [4.69, 9.17) is 14.2 Å². The molecule has 0 spiro atoms. The van der Waals surface area contributed by atoms with Crippen LogP contribution in [-0.4, -0.2) is 36.4 Å². The Morgan fingerprint density at radius 1 is 1.50 bits per heavy atom. The zero-order chi connectivity index (χ0) is 11.9. The molecule has 1 fully saturated rings. The first-order valence-corrected chi connectivity index (χ1v) is 5.13. The molecular formula is C11H14O5. The maximum Gasteiger partial charge on any atom is 0.303 e. The molecule has 0 radical (unpaired) electrons. The molecule has 2 aliphatic rings. The molecule has 1 heterocycles. The van der Waals surface area contributed by atoms with Gasteiger partial charge in [0.25, 0.3) is 0 Å². The van der Waals surface area contributed by atoms with Gasteiger partial charge in [-0.3, -0.25) is 9.59 Å². The lowest BCUT2D eigenvalue weighted by molar-refractivity contribution is -0.166. The minimum absolute atomic E-state index is 0.402. The van der Waals surface area contributed by atoms with Crippen LogP contribution < -0.4 is 0 Å². The monoisotopic (exact) mass is 226 g/mol. The lowest BCUT2D eigenvalue weighted by Crippen LogP contribution is -2.32. The molecule has 5 heteroatoms. The highest BCUT2D eigenvalue weighted by Crippen LogP contribution is 2.38. The van der Waals surface area contributed by atoms with E-state index in [0.29, 0.717) is 11.9 Å². The zero-order valence-electron chi connectivity index (χ0n) is 9.43. The molecule has 1 aliphatic carbocycles. The average molecular weight is 226 g/mol. The molecule has 5 nitrogen and oxygen atoms in total. The molecule has 1 aliphatic heterocycles. The van der Waals surface area contributed by atoms with E-state index in [2.05, 4.69) is 0 Å². The van der Waals surface area contributed by atoms with E-state index in [1.54, 1.807) is 19.9 Å². The van der Waals surface area contributed by atoms with Crippen LogP contribution in [0.1, 0.15) is 20.8 Å². The Kier molecular flexibility index (Phi) is 2.59. The van der Waals surface area contributed by atoms with Gasteiger partial charge in [0.15, 0.2) is 5.79 Å². The van der Waals surface area contributed by atoms with Gasteiger partial charge in [0.2, 0.25) is 0 Å². The van der Waals surface area contributed by atoms with E-state index in [1.807, 2.05) is 0 Å². The van der Waals surface area contributed by atoms with Gasteiger partial charge in [-0.2, -0.15) is 0 Å². The van der Waals surface area contributed by atoms with Crippen LogP contribution in [-0.2, 0) is 23.8 Å². The van der Waals surface area contributed by atoms with Gasteiger partial charge in [0.1, 0.15) is 24.6 Å². The van der Waals surface area contributed by atoms with Crippen LogP contribution in [0.15, 0.2) is 11.6 Å². The number of fused-ring (bicyclic) bond motifs is 1. The third-order valence-corrected chi connectivity index (χ3v) is 2.58. The molecule has 0 saturated carbocycles. The molecule has 0 aromatic carbocycles. The van der Waals surface area contributed by atoms with Crippen molar-refractivity contribution >= 4 is 12.3 Å². The van der Waals surface area contributed by atoms with Crippen LogP contribution in [0, 0.1) is 0 Å². The fourth-order valence-electron chi connectivity index (χ4n) is 2.07. The van der Waals surface area contributed by atoms with Crippen molar-refractivity contribution in [2.24, 2.45) is 0 Å². The van der Waals surface area contributed by atoms with Gasteiger partial charge >= 0.3 is 5.97 Å². The van der Waals surface area contributed by atoms with Crippen LogP contribution in [0.25, 0.3) is 0 Å². The van der Waals surface area contributed by atoms with Crippen molar-refractivity contribution in [3.63, 3.8) is 0 Å². The summed E-state index contributed by atoms with van der Waals surface area (Å²) in [5.74, 6) is -1.16. The summed E-state index contributed by atoms with van der Waals surface area (Å²) < 4.78 is 16.3. The highest BCUT2D eigenvalue weighted by molar-refractivity contribution is 5.77. The largest absolute Gasteiger partial charge is 0.455 e. The van der Waals surface area contributed by atoms with Crippen LogP contribution in [0.5, 0.6) is 0 Å². The highest BCUT2D eigenvalue weighted by Gasteiger charge is 2.51. The summed E-state index contributed by atoms with van der Waals surface area (Å²) >= 11 is 0. The molecule has 0 aromatic heterocycles. The lowest BCUT2D eigenvalue weighted by atomic mass is 10.2. The number of hydrogen-bond donors (Lipinski definition) is 0. The van der Waals surface area contributed by atoms with E-state index < -0.39 is 30.1 Å². The van der Waals surface area contributed by atoms with Crippen molar-refractivity contribution in [1.29, 1.82) is 0 Å². The zero-order valence-corrected chi connectivity index (χ0v) is 9.43. The summed E-state index contributed by atoms with van der Waals surface area (Å²) in [5, 5.41) is 0. The van der Waals surface area contributed by atoms with Crippen LogP contribution in [0.3, 0.4) is 0 Å². The standard InChI is InChI=1S/C11H14O5/c1-6(13)14-8-4-7(5-12)9-10(8)16-11(2,3)15-9/h4-5,8-10H,1-3H3/t8-,9+,10-/m0/s1. The topological polar surface area (TPSA) is 61.8 Å². The second-order valence-electron chi connectivity index (χ2n) is 4.38. The Labute approximate surface area is 93.4 Å². The van der Waals surface area contributed by atoms with E-state index >= 15 is 0 Å². The summed E-state index contributed by atoms with van der Waals surface area (Å²) in [6.45, 7) is 4.85. The maximum absolute atomic E-state index is 10.9. The Morgan fingerprint density at radius 3 is 2.75 bits per heavy atom. The minimum atomic E-state index is -0.754. The lowest BCUT2D eigenvalue weighted by Gasteiger charge is -2.20. The molecule has 2 rings (SSSR count). The van der Waals surface area contributed by atoms with Gasteiger partial charge in [0.05, 0.1) is 0 Å². The third kappa shape index (κ3) is 1.88. The van der Waals surface area contributed by atoms with Gasteiger partial charge in [-0.25, -0.2) is 0 Å². The molecular weight excluding hydrogens is 212 g/mol. The average Bonchev–Trinajstić information content (AvgIpc) is 2.60. The number of ether oxygens (including phenoxy) is 3. The van der Waals surface area contributed by atoms with Gasteiger partial charge in [-0.05, 0) is 19.9 Å². The molecule has 88 valence electrons. The van der Waals surface area contributed by atoms with Crippen molar-refractivity contribution in [3.05, 3.63) is 11.6 Å². The number of aldehydes is 1. The predicted octanol–water partition coefficient (Wildman–Crippen LogP) is 0.577. The third-order valence-electron chi connectivity index (χ3n) is 2.58. The molecule has 16 heavy (non-hydrogen) atoms. The number of carbonyl (C=O) groups is 2. The fraction of sp³-hybridized carbons (Fsp3) is 0.636. The first-order valence-electron chi connectivity index (χ1n) is 5.13. The Hall–Kier alpha value is -1.20. The molecule has 0 bridgehead atoms. The van der Waals surface area contributed by atoms with Crippen molar-refractivity contribution in [3.8, 4) is 0 Å². The first-order chi connectivity index (χ1) is 7.43. The SMILES string of the molecule is CC(=O)O[C@H]1C=C(C=O)[C@H]2OC(C)(C)O[C@@H]12. The quantitative estimate of drug-likeness (QED) is 0.509. The second-order valence-corrected chi connectivity index (χ2v) is 4.38. The highest BCUT2D eigenvalue weighted by atomic mass is 16.8. The molecule has 3 atom stereocenters. The molecule has 0 amide bonds. The maximum atomic E-state index is 10.9. The van der Waals surface area contributed by atoms with E-state index in [0.717, 1.165) is 0 Å². The van der Waals surface area contributed by atoms with E-state index in [1.165, 1.54) is 6.92 Å². The normalized spacial score (nSPS) is 35.4. The molecule has 0 N–H and O–H groups in total. The van der Waals surface area contributed by atoms with Crippen LogP contribution in [0.2, 0.25) is 0 Å². The smallest absolute Gasteiger partial charge is 0.303 e. The number of rotatable bonds is 2. The van der Waals surface area contributed by atoms with Gasteiger partial charge in [-0.1, -0.05) is 0 Å². The molecule has 1 saturated heterocycles. The summed E-state index contributed by atoms with van der Waals surface area (Å²) in [6, 6.07) is 0. The first kappa shape index (κ1) is 11.3. The Bertz CT molecular complexity index is 357. The second kappa shape index (κ2) is 3.68. The van der Waals surface area contributed by atoms with E-state index in [9.17, 15) is 9.59 Å². The Balaban J connectivity index is 2.20. The summed E-state index contributed by atoms with van der Waals surface area (Å²) in [5.41, 5.74) is 0.474. The van der Waals surface area contributed by atoms with Crippen LogP contribution >= 0.6 is 0 Å². The van der Waals surface area contributed by atoms with Gasteiger partial charge in [0, 0.05) is 12.5 Å². The van der Waals surface area contributed by atoms with Crippen LogP contribution in [0.4, 0.5) is 0 Å². The minimum Gasteiger partial charge on any atom is -0.455 e. The molecule has 0 aromatic rings. The van der Waals surface area contributed by atoms with Gasteiger partial charge in [-0.15, -0.1) is 0 Å². The molecule has 0 unspecified atom stereocenters. The predicted molar refractivity (Wildman–Crippen MR) is 53.5 cm³/mol. The van der Waals surface area contributed by atoms with E-state index in [-0.39, 0.29) is 0 Å².